The van der Waals surface area contributed by atoms with Gasteiger partial charge in [0.15, 0.2) is 0 Å². The van der Waals surface area contributed by atoms with Gasteiger partial charge in [-0.15, -0.1) is 0 Å². The molecule has 4 heteroatoms. The minimum atomic E-state index is -0.359. The van der Waals surface area contributed by atoms with Crippen molar-refractivity contribution in [3.8, 4) is 0 Å². The average Bonchev–Trinajstić information content (AvgIpc) is 3.30. The van der Waals surface area contributed by atoms with Crippen molar-refractivity contribution in [3.63, 3.8) is 0 Å². The van der Waals surface area contributed by atoms with Crippen LogP contribution in [0.5, 0.6) is 0 Å². The van der Waals surface area contributed by atoms with Gasteiger partial charge in [0.25, 0.3) is 0 Å². The number of ether oxygens (including phenoxy) is 2. The first-order chi connectivity index (χ1) is 11.6. The van der Waals surface area contributed by atoms with Crippen LogP contribution in [0.3, 0.4) is 0 Å². The third-order valence-corrected chi connectivity index (χ3v) is 5.26. The first-order valence-electron chi connectivity index (χ1n) is 9.15. The van der Waals surface area contributed by atoms with Crippen molar-refractivity contribution in [1.82, 2.24) is 0 Å². The highest BCUT2D eigenvalue weighted by atomic mass is 16.5. The lowest BCUT2D eigenvalue weighted by molar-refractivity contribution is -0.138. The van der Waals surface area contributed by atoms with Crippen LogP contribution in [-0.2, 0) is 19.1 Å². The Morgan fingerprint density at radius 2 is 1.29 bits per heavy atom. The highest BCUT2D eigenvalue weighted by Crippen LogP contribution is 2.58. The minimum absolute atomic E-state index is 0.359. The summed E-state index contributed by atoms with van der Waals surface area (Å²) >= 11 is 0. The maximum atomic E-state index is 10.1. The van der Waals surface area contributed by atoms with Crippen LogP contribution < -0.4 is 0 Å². The first-order valence-corrected chi connectivity index (χ1v) is 9.15. The summed E-state index contributed by atoms with van der Waals surface area (Å²) < 4.78 is 8.87. The van der Waals surface area contributed by atoms with Crippen LogP contribution in [0.25, 0.3) is 0 Å². The zero-order valence-corrected chi connectivity index (χ0v) is 15.2. The zero-order chi connectivity index (χ0) is 17.9. The average molecular weight is 336 g/mol. The molecule has 0 aromatic rings. The molecular weight excluding hydrogens is 304 g/mol. The molecular formula is C20H32O4. The summed E-state index contributed by atoms with van der Waals surface area (Å²) in [5, 5.41) is 0. The molecule has 136 valence electrons. The second kappa shape index (κ2) is 11.1. The van der Waals surface area contributed by atoms with Crippen molar-refractivity contribution in [2.75, 3.05) is 13.2 Å². The van der Waals surface area contributed by atoms with E-state index in [0.29, 0.717) is 13.2 Å². The topological polar surface area (TPSA) is 52.6 Å². The SMILES string of the molecule is C1C[C@H]2C3CCC(C3)[C@@H]2C1.C=CC(=O)OCC.C=CC(=O)OCC. The Bertz CT molecular complexity index is 391. The first kappa shape index (κ1) is 20.5. The molecule has 0 spiro atoms. The summed E-state index contributed by atoms with van der Waals surface area (Å²) in [5.74, 6) is 4.08. The molecule has 24 heavy (non-hydrogen) atoms. The summed E-state index contributed by atoms with van der Waals surface area (Å²) in [6.45, 7) is 10.8. The molecule has 3 aliphatic rings. The van der Waals surface area contributed by atoms with Gasteiger partial charge in [-0.3, -0.25) is 0 Å². The van der Waals surface area contributed by atoms with Gasteiger partial charge in [0.1, 0.15) is 0 Å². The molecule has 0 saturated heterocycles. The maximum absolute atomic E-state index is 10.1. The van der Waals surface area contributed by atoms with E-state index in [1.54, 1.807) is 52.4 Å². The van der Waals surface area contributed by atoms with E-state index in [4.69, 9.17) is 0 Å². The fourth-order valence-corrected chi connectivity index (χ4v) is 4.42. The van der Waals surface area contributed by atoms with Crippen molar-refractivity contribution in [3.05, 3.63) is 25.3 Å². The number of hydrogen-bond donors (Lipinski definition) is 0. The molecule has 3 aliphatic carbocycles. The van der Waals surface area contributed by atoms with E-state index in [0.717, 1.165) is 12.2 Å². The molecule has 0 N–H and O–H groups in total. The summed E-state index contributed by atoms with van der Waals surface area (Å²) in [7, 11) is 0. The number of esters is 2. The minimum Gasteiger partial charge on any atom is -0.463 e. The molecule has 2 bridgehead atoms. The summed E-state index contributed by atoms with van der Waals surface area (Å²) in [6, 6.07) is 0. The Labute approximate surface area is 146 Å². The lowest BCUT2D eigenvalue weighted by atomic mass is 9.82. The second-order valence-corrected chi connectivity index (χ2v) is 6.50. The van der Waals surface area contributed by atoms with Gasteiger partial charge in [-0.05, 0) is 69.6 Å². The standard InChI is InChI=1S/C10H16.2C5H8O2/c1-2-9-7-4-5-8(6-7)10(9)3-1;2*1-3-5(6)7-4-2/h7-10H,1-6H2;2*3H,1,4H2,2H3/t7?,8?,9-,10-;;/m0../s1. The molecule has 0 aromatic heterocycles. The Balaban J connectivity index is 0.000000188. The molecule has 0 aromatic carbocycles. The molecule has 0 heterocycles. The van der Waals surface area contributed by atoms with E-state index in [1.165, 1.54) is 23.7 Å². The van der Waals surface area contributed by atoms with E-state index in [1.807, 2.05) is 0 Å². The summed E-state index contributed by atoms with van der Waals surface area (Å²) in [4.78, 5) is 20.1. The van der Waals surface area contributed by atoms with Crippen LogP contribution in [0.2, 0.25) is 0 Å². The monoisotopic (exact) mass is 336 g/mol. The summed E-state index contributed by atoms with van der Waals surface area (Å²) in [5.41, 5.74) is 0. The molecule has 4 atom stereocenters. The highest BCUT2D eigenvalue weighted by Gasteiger charge is 2.48. The van der Waals surface area contributed by atoms with Crippen LogP contribution in [0.4, 0.5) is 0 Å². The molecule has 3 rings (SSSR count). The number of rotatable bonds is 4. The number of carbonyl (C=O) groups is 2. The van der Waals surface area contributed by atoms with Gasteiger partial charge < -0.3 is 9.47 Å². The van der Waals surface area contributed by atoms with Gasteiger partial charge in [-0.1, -0.05) is 19.6 Å². The van der Waals surface area contributed by atoms with Crippen LogP contribution in [0, 0.1) is 23.7 Å². The third kappa shape index (κ3) is 6.14. The predicted octanol–water partition coefficient (Wildman–Crippen LogP) is 4.30. The lowest BCUT2D eigenvalue weighted by Gasteiger charge is -2.23. The Morgan fingerprint density at radius 3 is 1.58 bits per heavy atom. The van der Waals surface area contributed by atoms with Crippen molar-refractivity contribution < 1.29 is 19.1 Å². The van der Waals surface area contributed by atoms with Crippen molar-refractivity contribution in [2.24, 2.45) is 23.7 Å². The smallest absolute Gasteiger partial charge is 0.330 e. The molecule has 2 unspecified atom stereocenters. The fraction of sp³-hybridized carbons (Fsp3) is 0.700. The van der Waals surface area contributed by atoms with E-state index < -0.39 is 0 Å². The molecule has 0 radical (unpaired) electrons. The number of hydrogen-bond acceptors (Lipinski definition) is 4. The van der Waals surface area contributed by atoms with Crippen LogP contribution in [0.15, 0.2) is 25.3 Å². The Hall–Kier alpha value is -1.58. The van der Waals surface area contributed by atoms with Gasteiger partial charge in [0.2, 0.25) is 0 Å². The Morgan fingerprint density at radius 1 is 0.875 bits per heavy atom. The van der Waals surface area contributed by atoms with Crippen LogP contribution >= 0.6 is 0 Å². The summed E-state index contributed by atoms with van der Waals surface area (Å²) in [6.07, 6.45) is 11.8. The lowest BCUT2D eigenvalue weighted by Crippen LogP contribution is -2.15. The van der Waals surface area contributed by atoms with Gasteiger partial charge in [-0.25, -0.2) is 9.59 Å². The molecule has 0 amide bonds. The highest BCUT2D eigenvalue weighted by molar-refractivity contribution is 5.81. The van der Waals surface area contributed by atoms with Crippen molar-refractivity contribution >= 4 is 11.9 Å². The zero-order valence-electron chi connectivity index (χ0n) is 15.2. The van der Waals surface area contributed by atoms with E-state index in [2.05, 4.69) is 22.6 Å². The predicted molar refractivity (Wildman–Crippen MR) is 95.3 cm³/mol. The molecule has 3 fully saturated rings. The number of fused-ring (bicyclic) bond motifs is 5. The van der Waals surface area contributed by atoms with Gasteiger partial charge in [0, 0.05) is 12.2 Å². The van der Waals surface area contributed by atoms with Gasteiger partial charge >= 0.3 is 11.9 Å². The molecule has 4 nitrogen and oxygen atoms in total. The number of carbonyl (C=O) groups excluding carboxylic acids is 2. The van der Waals surface area contributed by atoms with Gasteiger partial charge in [0.05, 0.1) is 13.2 Å². The second-order valence-electron chi connectivity index (χ2n) is 6.50. The third-order valence-electron chi connectivity index (χ3n) is 5.26. The largest absolute Gasteiger partial charge is 0.463 e. The van der Waals surface area contributed by atoms with E-state index >= 15 is 0 Å². The molecule has 0 aliphatic heterocycles. The van der Waals surface area contributed by atoms with Crippen LogP contribution in [0.1, 0.15) is 52.4 Å². The van der Waals surface area contributed by atoms with Crippen LogP contribution in [-0.4, -0.2) is 25.2 Å². The molecule has 3 saturated carbocycles. The van der Waals surface area contributed by atoms with Gasteiger partial charge in [-0.2, -0.15) is 0 Å². The van der Waals surface area contributed by atoms with E-state index in [-0.39, 0.29) is 11.9 Å². The fourth-order valence-electron chi connectivity index (χ4n) is 4.42. The maximum Gasteiger partial charge on any atom is 0.330 e. The normalized spacial score (nSPS) is 28.4. The van der Waals surface area contributed by atoms with E-state index in [9.17, 15) is 9.59 Å². The quantitative estimate of drug-likeness (QED) is 0.567. The van der Waals surface area contributed by atoms with Crippen molar-refractivity contribution in [2.45, 2.75) is 52.4 Å². The Kier molecular flexibility index (Phi) is 9.43. The van der Waals surface area contributed by atoms with Crippen molar-refractivity contribution in [1.29, 1.82) is 0 Å².